The number of aromatic nitrogens is 1. The Kier molecular flexibility index (Phi) is 4.70. The van der Waals surface area contributed by atoms with Crippen molar-refractivity contribution in [3.63, 3.8) is 0 Å². The Bertz CT molecular complexity index is 877. The number of fused-ring (bicyclic) bond motifs is 1. The number of hydrogen-bond donors (Lipinski definition) is 4. The zero-order valence-corrected chi connectivity index (χ0v) is 14.7. The van der Waals surface area contributed by atoms with E-state index in [1.165, 1.54) is 23.2 Å². The van der Waals surface area contributed by atoms with E-state index >= 15 is 0 Å². The Hall–Kier alpha value is -2.86. The molecule has 5 N–H and O–H groups in total. The summed E-state index contributed by atoms with van der Waals surface area (Å²) in [6.45, 7) is 3.56. The number of hydrogen-bond acceptors (Lipinski definition) is 9. The molecule has 1 aromatic heterocycles. The van der Waals surface area contributed by atoms with Crippen molar-refractivity contribution < 1.29 is 24.7 Å². The number of β-lactam (4-membered cyclic amide) rings is 1. The van der Waals surface area contributed by atoms with Gasteiger partial charge >= 0.3 is 5.97 Å². The summed E-state index contributed by atoms with van der Waals surface area (Å²) >= 11 is 2.37. The molecule has 2 aliphatic heterocycles. The molecular formula is C14H13N5O5S2. The van der Waals surface area contributed by atoms with Gasteiger partial charge in [-0.15, -0.1) is 23.1 Å². The topological polar surface area (TPSA) is 158 Å². The van der Waals surface area contributed by atoms with Crippen LogP contribution in [0.5, 0.6) is 0 Å². The monoisotopic (exact) mass is 395 g/mol. The van der Waals surface area contributed by atoms with Crippen molar-refractivity contribution in [1.29, 1.82) is 0 Å². The summed E-state index contributed by atoms with van der Waals surface area (Å²) in [5.41, 5.74) is 5.49. The van der Waals surface area contributed by atoms with Crippen LogP contribution in [0.2, 0.25) is 0 Å². The van der Waals surface area contributed by atoms with E-state index in [1.54, 1.807) is 0 Å². The number of nitrogens with two attached hydrogens (primary N) is 1. The summed E-state index contributed by atoms with van der Waals surface area (Å²) in [5.74, 6) is -2.27. The molecule has 26 heavy (non-hydrogen) atoms. The number of carboxylic acids is 1. The van der Waals surface area contributed by atoms with Gasteiger partial charge < -0.3 is 21.4 Å². The second-order valence-electron chi connectivity index (χ2n) is 5.26. The van der Waals surface area contributed by atoms with Crippen LogP contribution in [-0.2, 0) is 14.4 Å². The van der Waals surface area contributed by atoms with Gasteiger partial charge in [-0.2, -0.15) is 0 Å². The molecule has 0 aliphatic carbocycles. The summed E-state index contributed by atoms with van der Waals surface area (Å²) in [6.07, 6.45) is 1.40. The van der Waals surface area contributed by atoms with Crippen LogP contribution in [-0.4, -0.2) is 60.9 Å². The third kappa shape index (κ3) is 2.82. The van der Waals surface area contributed by atoms with Crippen molar-refractivity contribution in [2.45, 2.75) is 11.4 Å². The number of carbonyl (C=O) groups excluding carboxylic acids is 2. The predicted octanol–water partition coefficient (Wildman–Crippen LogP) is -0.172. The molecule has 2 atom stereocenters. The number of aliphatic carboxylic acids is 1. The number of amides is 2. The number of rotatable bonds is 5. The maximum absolute atomic E-state index is 12.4. The lowest BCUT2D eigenvalue weighted by molar-refractivity contribution is -0.150. The number of nitrogens with one attached hydrogen (secondary N) is 1. The standard InChI is InChI=1S/C14H13N5O5S2/c1-2-5-3-25-12-8(11(21)19(12)9(5)13(22)23)17-10(20)7(18-24)6-4-26-14(15)16-6/h2,4,8,12,24H,1,3H2,(H2,15,16)(H,17,20)(H,22,23)/b18-7+/t8-,12+/m0/s1. The molecule has 12 heteroatoms. The fraction of sp³-hybridized carbons (Fsp3) is 0.214. The number of nitrogens with zero attached hydrogens (tertiary/aromatic N) is 3. The molecule has 1 fully saturated rings. The number of oxime groups is 1. The normalized spacial score (nSPS) is 22.5. The smallest absolute Gasteiger partial charge is 0.352 e. The SMILES string of the molecule is C=CC1=C(C(=O)O)N2C(=O)[C@H](NC(=O)/C(=N/O)c3csc(N)n3)[C@H]2SC1. The lowest BCUT2D eigenvalue weighted by Crippen LogP contribution is -2.71. The predicted molar refractivity (Wildman–Crippen MR) is 94.7 cm³/mol. The van der Waals surface area contributed by atoms with Crippen LogP contribution < -0.4 is 11.1 Å². The first-order chi connectivity index (χ1) is 12.4. The van der Waals surface area contributed by atoms with Gasteiger partial charge in [0.25, 0.3) is 11.8 Å². The van der Waals surface area contributed by atoms with E-state index < -0.39 is 29.2 Å². The lowest BCUT2D eigenvalue weighted by Gasteiger charge is -2.49. The maximum Gasteiger partial charge on any atom is 0.352 e. The third-order valence-corrected chi connectivity index (χ3v) is 5.79. The number of carbonyl (C=O) groups is 3. The molecule has 3 rings (SSSR count). The van der Waals surface area contributed by atoms with Crippen molar-refractivity contribution in [1.82, 2.24) is 15.2 Å². The molecule has 2 aliphatic rings. The molecule has 0 unspecified atom stereocenters. The first-order valence-corrected chi connectivity index (χ1v) is 9.09. The highest BCUT2D eigenvalue weighted by atomic mass is 32.2. The third-order valence-electron chi connectivity index (χ3n) is 3.81. The molecule has 0 aromatic carbocycles. The fourth-order valence-electron chi connectivity index (χ4n) is 2.62. The van der Waals surface area contributed by atoms with E-state index in [4.69, 9.17) is 10.9 Å². The van der Waals surface area contributed by atoms with Gasteiger partial charge in [0.1, 0.15) is 22.8 Å². The van der Waals surface area contributed by atoms with Crippen molar-refractivity contribution in [3.05, 3.63) is 35.0 Å². The molecule has 3 heterocycles. The molecule has 1 saturated heterocycles. The summed E-state index contributed by atoms with van der Waals surface area (Å²) in [7, 11) is 0. The average Bonchev–Trinajstić information content (AvgIpc) is 3.04. The minimum Gasteiger partial charge on any atom is -0.477 e. The van der Waals surface area contributed by atoms with E-state index in [2.05, 4.69) is 22.0 Å². The van der Waals surface area contributed by atoms with Gasteiger partial charge in [0.05, 0.1) is 0 Å². The van der Waals surface area contributed by atoms with Crippen molar-refractivity contribution >= 4 is 51.7 Å². The molecular weight excluding hydrogens is 382 g/mol. The number of thioether (sulfide) groups is 1. The highest BCUT2D eigenvalue weighted by Gasteiger charge is 2.54. The Morgan fingerprint density at radius 3 is 2.81 bits per heavy atom. The van der Waals surface area contributed by atoms with Gasteiger partial charge in [-0.05, 0) is 5.57 Å². The van der Waals surface area contributed by atoms with Crippen molar-refractivity contribution in [2.75, 3.05) is 11.5 Å². The number of nitrogen functional groups attached to an aromatic ring is 1. The van der Waals surface area contributed by atoms with Crippen LogP contribution in [0.4, 0.5) is 5.13 Å². The van der Waals surface area contributed by atoms with Gasteiger partial charge in [-0.1, -0.05) is 17.8 Å². The minimum atomic E-state index is -1.24. The summed E-state index contributed by atoms with van der Waals surface area (Å²) in [4.78, 5) is 41.2. The molecule has 0 bridgehead atoms. The highest BCUT2D eigenvalue weighted by molar-refractivity contribution is 8.00. The van der Waals surface area contributed by atoms with E-state index in [0.717, 1.165) is 16.2 Å². The quantitative estimate of drug-likeness (QED) is 0.231. The molecule has 0 radical (unpaired) electrons. The summed E-state index contributed by atoms with van der Waals surface area (Å²) < 4.78 is 0. The molecule has 2 amide bonds. The zero-order chi connectivity index (χ0) is 19.0. The Morgan fingerprint density at radius 1 is 1.54 bits per heavy atom. The first-order valence-electron chi connectivity index (χ1n) is 7.16. The largest absolute Gasteiger partial charge is 0.477 e. The van der Waals surface area contributed by atoms with E-state index in [0.29, 0.717) is 11.3 Å². The van der Waals surface area contributed by atoms with Crippen molar-refractivity contribution in [3.8, 4) is 0 Å². The van der Waals surface area contributed by atoms with E-state index in [-0.39, 0.29) is 22.2 Å². The Labute approximate surface area is 155 Å². The fourth-order valence-corrected chi connectivity index (χ4v) is 4.51. The van der Waals surface area contributed by atoms with Crippen molar-refractivity contribution in [2.24, 2.45) is 5.16 Å². The van der Waals surface area contributed by atoms with Gasteiger partial charge in [0.15, 0.2) is 10.8 Å². The van der Waals surface area contributed by atoms with Crippen LogP contribution in [0.3, 0.4) is 0 Å². The van der Waals surface area contributed by atoms with Crippen LogP contribution in [0.1, 0.15) is 5.69 Å². The maximum atomic E-state index is 12.4. The lowest BCUT2D eigenvalue weighted by atomic mass is 10.0. The summed E-state index contributed by atoms with van der Waals surface area (Å²) in [6, 6.07) is -0.944. The number of anilines is 1. The van der Waals surface area contributed by atoms with Crippen LogP contribution in [0, 0.1) is 0 Å². The molecule has 0 saturated carbocycles. The average molecular weight is 395 g/mol. The number of carboxylic acid groups (broad SMARTS) is 1. The molecule has 10 nitrogen and oxygen atoms in total. The Balaban J connectivity index is 1.78. The van der Waals surface area contributed by atoms with Gasteiger partial charge in [0.2, 0.25) is 0 Å². The number of thiazole rings is 1. The Morgan fingerprint density at radius 2 is 2.27 bits per heavy atom. The number of allylic oxidation sites excluding steroid dienone is 1. The second-order valence-corrected chi connectivity index (χ2v) is 7.26. The highest BCUT2D eigenvalue weighted by Crippen LogP contribution is 2.40. The van der Waals surface area contributed by atoms with Crippen LogP contribution in [0.15, 0.2) is 34.5 Å². The molecule has 0 spiro atoms. The van der Waals surface area contributed by atoms with Gasteiger partial charge in [-0.3, -0.25) is 14.5 Å². The van der Waals surface area contributed by atoms with Gasteiger partial charge in [-0.25, -0.2) is 9.78 Å². The van der Waals surface area contributed by atoms with E-state index in [1.807, 2.05) is 0 Å². The second kappa shape index (κ2) is 6.80. The van der Waals surface area contributed by atoms with E-state index in [9.17, 15) is 19.5 Å². The molecule has 1 aromatic rings. The zero-order valence-electron chi connectivity index (χ0n) is 13.1. The van der Waals surface area contributed by atoms with Gasteiger partial charge in [0, 0.05) is 11.1 Å². The minimum absolute atomic E-state index is 0.0764. The summed E-state index contributed by atoms with van der Waals surface area (Å²) in [5, 5.41) is 24.9. The molecule has 136 valence electrons. The first kappa shape index (κ1) is 17.9. The van der Waals surface area contributed by atoms with Crippen LogP contribution >= 0.6 is 23.1 Å². The van der Waals surface area contributed by atoms with Crippen LogP contribution in [0.25, 0.3) is 0 Å².